The maximum atomic E-state index is 5.48. The highest BCUT2D eigenvalue weighted by atomic mass is 16.5. The Morgan fingerprint density at radius 2 is 2.20 bits per heavy atom. The van der Waals surface area contributed by atoms with Gasteiger partial charge in [-0.05, 0) is 25.1 Å². The van der Waals surface area contributed by atoms with Crippen LogP contribution in [0.15, 0.2) is 24.4 Å². The van der Waals surface area contributed by atoms with Gasteiger partial charge in [0, 0.05) is 24.9 Å². The molecule has 1 aromatic rings. The smallest absolute Gasteiger partial charge is 0.0591 e. The van der Waals surface area contributed by atoms with Crippen LogP contribution in [0.25, 0.3) is 0 Å². The zero-order chi connectivity index (χ0) is 10.8. The van der Waals surface area contributed by atoms with E-state index in [9.17, 15) is 0 Å². The fourth-order valence-electron chi connectivity index (χ4n) is 1.27. The van der Waals surface area contributed by atoms with Gasteiger partial charge < -0.3 is 10.1 Å². The second-order valence-electron chi connectivity index (χ2n) is 3.43. The Balaban J connectivity index is 1.93. The van der Waals surface area contributed by atoms with Crippen LogP contribution in [0.3, 0.4) is 0 Å². The first-order chi connectivity index (χ1) is 7.43. The normalized spacial score (nSPS) is 10.5. The van der Waals surface area contributed by atoms with Gasteiger partial charge in [0.2, 0.25) is 0 Å². The van der Waals surface area contributed by atoms with Crippen molar-refractivity contribution in [3.8, 4) is 0 Å². The number of nitrogens with one attached hydrogen (secondary N) is 1. The van der Waals surface area contributed by atoms with E-state index in [0.29, 0.717) is 0 Å². The molecule has 1 rings (SSSR count). The number of rotatable bonds is 8. The zero-order valence-electron chi connectivity index (χ0n) is 9.41. The molecule has 0 saturated carbocycles. The molecule has 1 N–H and O–H groups in total. The van der Waals surface area contributed by atoms with Crippen molar-refractivity contribution in [2.75, 3.05) is 26.3 Å². The van der Waals surface area contributed by atoms with Crippen LogP contribution in [-0.4, -0.2) is 31.3 Å². The van der Waals surface area contributed by atoms with Crippen molar-refractivity contribution < 1.29 is 4.74 Å². The molecule has 15 heavy (non-hydrogen) atoms. The van der Waals surface area contributed by atoms with E-state index < -0.39 is 0 Å². The number of nitrogens with zero attached hydrogens (tertiary/aromatic N) is 1. The van der Waals surface area contributed by atoms with E-state index >= 15 is 0 Å². The molecule has 0 aliphatic heterocycles. The van der Waals surface area contributed by atoms with Crippen LogP contribution in [0.5, 0.6) is 0 Å². The fourth-order valence-corrected chi connectivity index (χ4v) is 1.27. The van der Waals surface area contributed by atoms with Crippen LogP contribution in [0.2, 0.25) is 0 Å². The topological polar surface area (TPSA) is 34.1 Å². The lowest BCUT2D eigenvalue weighted by molar-refractivity contribution is 0.138. The number of aromatic nitrogens is 1. The van der Waals surface area contributed by atoms with E-state index in [4.69, 9.17) is 4.74 Å². The van der Waals surface area contributed by atoms with Crippen molar-refractivity contribution in [3.05, 3.63) is 30.1 Å². The number of ether oxygens (including phenoxy) is 1. The molecule has 0 aliphatic carbocycles. The van der Waals surface area contributed by atoms with Crippen molar-refractivity contribution in [2.45, 2.75) is 19.8 Å². The Labute approximate surface area is 91.9 Å². The molecule has 0 atom stereocenters. The predicted molar refractivity (Wildman–Crippen MR) is 61.9 cm³/mol. The Hall–Kier alpha value is -0.930. The Morgan fingerprint density at radius 1 is 1.27 bits per heavy atom. The number of pyridine rings is 1. The molecule has 0 amide bonds. The first-order valence-electron chi connectivity index (χ1n) is 5.62. The van der Waals surface area contributed by atoms with Gasteiger partial charge in [0.15, 0.2) is 0 Å². The van der Waals surface area contributed by atoms with Crippen LogP contribution in [0.1, 0.15) is 19.0 Å². The predicted octanol–water partition coefficient (Wildman–Crippen LogP) is 1.64. The maximum absolute atomic E-state index is 5.48. The van der Waals surface area contributed by atoms with Crippen LogP contribution in [-0.2, 0) is 11.2 Å². The lowest BCUT2D eigenvalue weighted by Gasteiger charge is -2.04. The minimum atomic E-state index is 0.755. The van der Waals surface area contributed by atoms with Gasteiger partial charge in [-0.1, -0.05) is 13.0 Å². The van der Waals surface area contributed by atoms with E-state index in [1.807, 2.05) is 24.4 Å². The molecule has 3 heteroatoms. The summed E-state index contributed by atoms with van der Waals surface area (Å²) in [4.78, 5) is 4.23. The highest BCUT2D eigenvalue weighted by Crippen LogP contribution is 1.94. The SMILES string of the molecule is CCCNCCOCCc1ccccn1. The van der Waals surface area contributed by atoms with Gasteiger partial charge >= 0.3 is 0 Å². The molecule has 1 heterocycles. The van der Waals surface area contributed by atoms with Gasteiger partial charge in [-0.15, -0.1) is 0 Å². The molecular weight excluding hydrogens is 188 g/mol. The first-order valence-corrected chi connectivity index (χ1v) is 5.62. The summed E-state index contributed by atoms with van der Waals surface area (Å²) in [5.74, 6) is 0. The molecule has 0 saturated heterocycles. The van der Waals surface area contributed by atoms with Gasteiger partial charge in [0.1, 0.15) is 0 Å². The van der Waals surface area contributed by atoms with Crippen molar-refractivity contribution in [2.24, 2.45) is 0 Å². The number of hydrogen-bond donors (Lipinski definition) is 1. The molecule has 0 fully saturated rings. The van der Waals surface area contributed by atoms with Crippen molar-refractivity contribution in [1.29, 1.82) is 0 Å². The third-order valence-corrected chi connectivity index (χ3v) is 2.08. The summed E-state index contributed by atoms with van der Waals surface area (Å²) in [5.41, 5.74) is 1.10. The quantitative estimate of drug-likeness (QED) is 0.659. The molecule has 0 bridgehead atoms. The van der Waals surface area contributed by atoms with Crippen LogP contribution < -0.4 is 5.32 Å². The average Bonchev–Trinajstić information content (AvgIpc) is 2.29. The molecule has 0 radical (unpaired) electrons. The maximum Gasteiger partial charge on any atom is 0.0591 e. The third-order valence-electron chi connectivity index (χ3n) is 2.08. The van der Waals surface area contributed by atoms with Crippen molar-refractivity contribution >= 4 is 0 Å². The van der Waals surface area contributed by atoms with E-state index in [1.165, 1.54) is 6.42 Å². The summed E-state index contributed by atoms with van der Waals surface area (Å²) >= 11 is 0. The van der Waals surface area contributed by atoms with Gasteiger partial charge in [-0.3, -0.25) is 4.98 Å². The molecule has 1 aromatic heterocycles. The molecule has 0 unspecified atom stereocenters. The van der Waals surface area contributed by atoms with E-state index in [-0.39, 0.29) is 0 Å². The summed E-state index contributed by atoms with van der Waals surface area (Å²) in [6.07, 6.45) is 3.89. The average molecular weight is 208 g/mol. The first kappa shape index (κ1) is 12.1. The Morgan fingerprint density at radius 3 is 2.93 bits per heavy atom. The second-order valence-corrected chi connectivity index (χ2v) is 3.43. The summed E-state index contributed by atoms with van der Waals surface area (Å²) < 4.78 is 5.48. The number of hydrogen-bond acceptors (Lipinski definition) is 3. The van der Waals surface area contributed by atoms with Gasteiger partial charge in [-0.25, -0.2) is 0 Å². The molecule has 0 aromatic carbocycles. The summed E-state index contributed by atoms with van der Waals surface area (Å²) in [6.45, 7) is 5.71. The van der Waals surface area contributed by atoms with Gasteiger partial charge in [0.05, 0.1) is 13.2 Å². The van der Waals surface area contributed by atoms with E-state index in [2.05, 4.69) is 17.2 Å². The lowest BCUT2D eigenvalue weighted by atomic mass is 10.3. The summed E-state index contributed by atoms with van der Waals surface area (Å²) in [5, 5.41) is 3.29. The van der Waals surface area contributed by atoms with E-state index in [1.54, 1.807) is 0 Å². The lowest BCUT2D eigenvalue weighted by Crippen LogP contribution is -2.20. The molecular formula is C12H20N2O. The summed E-state index contributed by atoms with van der Waals surface area (Å²) in [6, 6.07) is 5.96. The highest BCUT2D eigenvalue weighted by Gasteiger charge is 1.93. The third kappa shape index (κ3) is 6.20. The molecule has 3 nitrogen and oxygen atoms in total. The van der Waals surface area contributed by atoms with Crippen LogP contribution in [0, 0.1) is 0 Å². The zero-order valence-corrected chi connectivity index (χ0v) is 9.41. The largest absolute Gasteiger partial charge is 0.380 e. The van der Waals surface area contributed by atoms with E-state index in [0.717, 1.165) is 38.4 Å². The molecule has 0 spiro atoms. The van der Waals surface area contributed by atoms with Crippen molar-refractivity contribution in [1.82, 2.24) is 10.3 Å². The highest BCUT2D eigenvalue weighted by molar-refractivity contribution is 5.03. The molecule has 0 aliphatic rings. The minimum absolute atomic E-state index is 0.755. The Bertz CT molecular complexity index is 239. The summed E-state index contributed by atoms with van der Waals surface area (Å²) in [7, 11) is 0. The van der Waals surface area contributed by atoms with Gasteiger partial charge in [0.25, 0.3) is 0 Å². The van der Waals surface area contributed by atoms with Crippen LogP contribution >= 0.6 is 0 Å². The minimum Gasteiger partial charge on any atom is -0.380 e. The fraction of sp³-hybridized carbons (Fsp3) is 0.583. The second kappa shape index (κ2) is 8.38. The monoisotopic (exact) mass is 208 g/mol. The van der Waals surface area contributed by atoms with Crippen LogP contribution in [0.4, 0.5) is 0 Å². The van der Waals surface area contributed by atoms with Gasteiger partial charge in [-0.2, -0.15) is 0 Å². The standard InChI is InChI=1S/C12H20N2O/c1-2-7-13-9-11-15-10-6-12-5-3-4-8-14-12/h3-5,8,13H,2,6-7,9-11H2,1H3. The van der Waals surface area contributed by atoms with Crippen molar-refractivity contribution in [3.63, 3.8) is 0 Å². The Kier molecular flexibility index (Phi) is 6.79. The molecule has 84 valence electrons.